The zero-order chi connectivity index (χ0) is 13.0. The monoisotopic (exact) mass is 274 g/mol. The number of halogens is 2. The van der Waals surface area contributed by atoms with Crippen molar-refractivity contribution in [1.29, 1.82) is 0 Å². The molecule has 0 aliphatic heterocycles. The molecule has 0 radical (unpaired) electrons. The molecule has 94 valence electrons. The third kappa shape index (κ3) is 3.87. The molecule has 0 saturated heterocycles. The lowest BCUT2D eigenvalue weighted by atomic mass is 9.99. The van der Waals surface area contributed by atoms with Gasteiger partial charge in [-0.15, -0.1) is 0 Å². The van der Waals surface area contributed by atoms with E-state index >= 15 is 0 Å². The maximum absolute atomic E-state index is 11.8. The first kappa shape index (κ1) is 14.3. The molecule has 3 N–H and O–H groups in total. The third-order valence-electron chi connectivity index (χ3n) is 2.75. The predicted molar refractivity (Wildman–Crippen MR) is 72.5 cm³/mol. The van der Waals surface area contributed by atoms with Gasteiger partial charge in [-0.2, -0.15) is 0 Å². The summed E-state index contributed by atoms with van der Waals surface area (Å²) in [4.78, 5) is 11.8. The first-order chi connectivity index (χ1) is 7.95. The lowest BCUT2D eigenvalue weighted by Crippen LogP contribution is -2.40. The highest BCUT2D eigenvalue weighted by Crippen LogP contribution is 2.25. The average molecular weight is 275 g/mol. The van der Waals surface area contributed by atoms with Gasteiger partial charge in [-0.3, -0.25) is 4.79 Å². The second-order valence-corrected chi connectivity index (χ2v) is 4.87. The van der Waals surface area contributed by atoms with Gasteiger partial charge in [0.25, 0.3) is 0 Å². The number of nitrogens with two attached hydrogens (primary N) is 1. The minimum atomic E-state index is -0.535. The van der Waals surface area contributed by atoms with Crippen LogP contribution < -0.4 is 11.1 Å². The highest BCUT2D eigenvalue weighted by Gasteiger charge is 2.20. The zero-order valence-corrected chi connectivity index (χ0v) is 11.3. The van der Waals surface area contributed by atoms with Crippen LogP contribution in [0.25, 0.3) is 0 Å². The molecular weight excluding hydrogens is 259 g/mol. The van der Waals surface area contributed by atoms with Crippen LogP contribution in [0.3, 0.4) is 0 Å². The minimum absolute atomic E-state index is 0.126. The van der Waals surface area contributed by atoms with E-state index in [1.807, 2.05) is 13.8 Å². The maximum Gasteiger partial charge on any atom is 0.241 e. The number of hydrogen-bond donors (Lipinski definition) is 2. The fourth-order valence-electron chi connectivity index (χ4n) is 1.32. The second-order valence-electron chi connectivity index (χ2n) is 4.02. The molecule has 0 bridgehead atoms. The van der Waals surface area contributed by atoms with E-state index in [9.17, 15) is 4.79 Å². The number of carbonyl (C=O) groups excluding carboxylic acids is 1. The number of benzene rings is 1. The van der Waals surface area contributed by atoms with Gasteiger partial charge in [0.15, 0.2) is 0 Å². The molecule has 0 aromatic heterocycles. The predicted octanol–water partition coefficient (Wildman–Crippen LogP) is 3.31. The van der Waals surface area contributed by atoms with Gasteiger partial charge in [-0.1, -0.05) is 43.5 Å². The van der Waals surface area contributed by atoms with Crippen molar-refractivity contribution in [3.8, 4) is 0 Å². The van der Waals surface area contributed by atoms with Crippen LogP contribution >= 0.6 is 23.2 Å². The Balaban J connectivity index is 2.74. The van der Waals surface area contributed by atoms with Gasteiger partial charge in [-0.05, 0) is 24.1 Å². The molecule has 3 nitrogen and oxygen atoms in total. The Morgan fingerprint density at radius 1 is 1.47 bits per heavy atom. The number of amides is 1. The second kappa shape index (κ2) is 6.24. The summed E-state index contributed by atoms with van der Waals surface area (Å²) in [5, 5.41) is 3.63. The summed E-state index contributed by atoms with van der Waals surface area (Å²) in [5.41, 5.74) is 6.35. The van der Waals surface area contributed by atoms with E-state index in [1.165, 1.54) is 0 Å². The number of carbonyl (C=O) groups is 1. The topological polar surface area (TPSA) is 55.1 Å². The van der Waals surface area contributed by atoms with Crippen LogP contribution in [0.4, 0.5) is 5.69 Å². The van der Waals surface area contributed by atoms with Crippen molar-refractivity contribution < 1.29 is 4.79 Å². The average Bonchev–Trinajstić information content (AvgIpc) is 2.30. The maximum atomic E-state index is 11.8. The van der Waals surface area contributed by atoms with Gasteiger partial charge in [0.05, 0.1) is 16.8 Å². The highest BCUT2D eigenvalue weighted by molar-refractivity contribution is 6.36. The largest absolute Gasteiger partial charge is 0.323 e. The number of nitrogens with one attached hydrogen (secondary N) is 1. The van der Waals surface area contributed by atoms with E-state index in [-0.39, 0.29) is 11.8 Å². The summed E-state index contributed by atoms with van der Waals surface area (Å²) in [5.74, 6) is -0.107. The Hall–Kier alpha value is -0.770. The SMILES string of the molecule is CCC(C)[C@H](N)C(=O)Nc1ccc(Cl)cc1Cl. The summed E-state index contributed by atoms with van der Waals surface area (Å²) in [6.45, 7) is 3.93. The molecule has 0 fully saturated rings. The van der Waals surface area contributed by atoms with E-state index in [4.69, 9.17) is 28.9 Å². The standard InChI is InChI=1S/C12H16Cl2N2O/c1-3-7(2)11(15)12(17)16-10-5-4-8(13)6-9(10)14/h4-7,11H,3,15H2,1-2H3,(H,16,17)/t7?,11-/m0/s1. The van der Waals surface area contributed by atoms with Crippen LogP contribution in [-0.2, 0) is 4.79 Å². The van der Waals surface area contributed by atoms with Gasteiger partial charge in [0, 0.05) is 5.02 Å². The van der Waals surface area contributed by atoms with Crippen LogP contribution in [0, 0.1) is 5.92 Å². The first-order valence-corrected chi connectivity index (χ1v) is 6.22. The minimum Gasteiger partial charge on any atom is -0.323 e. The molecule has 1 aromatic rings. The summed E-state index contributed by atoms with van der Waals surface area (Å²) >= 11 is 11.7. The lowest BCUT2D eigenvalue weighted by molar-refractivity contribution is -0.118. The smallest absolute Gasteiger partial charge is 0.241 e. The van der Waals surface area contributed by atoms with Gasteiger partial charge >= 0.3 is 0 Å². The van der Waals surface area contributed by atoms with Gasteiger partial charge < -0.3 is 11.1 Å². The Morgan fingerprint density at radius 3 is 2.65 bits per heavy atom. The fraction of sp³-hybridized carbons (Fsp3) is 0.417. The molecule has 2 atom stereocenters. The Kier molecular flexibility index (Phi) is 5.25. The van der Waals surface area contributed by atoms with Crippen molar-refractivity contribution >= 4 is 34.8 Å². The number of hydrogen-bond acceptors (Lipinski definition) is 2. The molecule has 0 aliphatic carbocycles. The lowest BCUT2D eigenvalue weighted by Gasteiger charge is -2.18. The van der Waals surface area contributed by atoms with Crippen molar-refractivity contribution in [1.82, 2.24) is 0 Å². The molecule has 5 heteroatoms. The van der Waals surface area contributed by atoms with Crippen LogP contribution in [0.5, 0.6) is 0 Å². The molecule has 1 rings (SSSR count). The van der Waals surface area contributed by atoms with E-state index in [0.29, 0.717) is 15.7 Å². The fourth-order valence-corrected chi connectivity index (χ4v) is 1.77. The summed E-state index contributed by atoms with van der Waals surface area (Å²) in [7, 11) is 0. The van der Waals surface area contributed by atoms with Gasteiger partial charge in [-0.25, -0.2) is 0 Å². The van der Waals surface area contributed by atoms with Crippen molar-refractivity contribution in [2.24, 2.45) is 11.7 Å². The van der Waals surface area contributed by atoms with Crippen molar-refractivity contribution in [3.63, 3.8) is 0 Å². The van der Waals surface area contributed by atoms with Crippen molar-refractivity contribution in [2.45, 2.75) is 26.3 Å². The quantitative estimate of drug-likeness (QED) is 0.885. The number of anilines is 1. The molecule has 17 heavy (non-hydrogen) atoms. The van der Waals surface area contributed by atoms with E-state index in [0.717, 1.165) is 6.42 Å². The highest BCUT2D eigenvalue weighted by atomic mass is 35.5. The summed E-state index contributed by atoms with van der Waals surface area (Å²) < 4.78 is 0. The summed E-state index contributed by atoms with van der Waals surface area (Å²) in [6.07, 6.45) is 0.850. The first-order valence-electron chi connectivity index (χ1n) is 5.47. The molecule has 0 saturated carbocycles. The molecule has 1 amide bonds. The van der Waals surface area contributed by atoms with Crippen molar-refractivity contribution in [2.75, 3.05) is 5.32 Å². The van der Waals surface area contributed by atoms with E-state index in [1.54, 1.807) is 18.2 Å². The van der Waals surface area contributed by atoms with Crippen molar-refractivity contribution in [3.05, 3.63) is 28.2 Å². The normalized spacial score (nSPS) is 14.2. The zero-order valence-electron chi connectivity index (χ0n) is 9.84. The van der Waals surface area contributed by atoms with Crippen LogP contribution in [0.2, 0.25) is 10.0 Å². The molecule has 0 aliphatic rings. The molecule has 1 aromatic carbocycles. The molecule has 1 unspecified atom stereocenters. The molecular formula is C12H16Cl2N2O. The van der Waals surface area contributed by atoms with Crippen LogP contribution in [0.15, 0.2) is 18.2 Å². The van der Waals surface area contributed by atoms with Crippen LogP contribution in [-0.4, -0.2) is 11.9 Å². The molecule has 0 heterocycles. The molecule has 0 spiro atoms. The van der Waals surface area contributed by atoms with Crippen LogP contribution in [0.1, 0.15) is 20.3 Å². The van der Waals surface area contributed by atoms with E-state index < -0.39 is 6.04 Å². The van der Waals surface area contributed by atoms with Gasteiger partial charge in [0.2, 0.25) is 5.91 Å². The van der Waals surface area contributed by atoms with E-state index in [2.05, 4.69) is 5.32 Å². The number of rotatable bonds is 4. The Morgan fingerprint density at radius 2 is 2.12 bits per heavy atom. The Bertz CT molecular complexity index is 409. The Labute approximate surface area is 111 Å². The summed E-state index contributed by atoms with van der Waals surface area (Å²) in [6, 6.07) is 4.36. The third-order valence-corrected chi connectivity index (χ3v) is 3.30. The van der Waals surface area contributed by atoms with Gasteiger partial charge in [0.1, 0.15) is 0 Å².